The highest BCUT2D eigenvalue weighted by atomic mass is 35.5. The van der Waals surface area contributed by atoms with Gasteiger partial charge in [-0.05, 0) is 48.9 Å². The normalized spacial score (nSPS) is 11.4. The number of rotatable bonds is 7. The van der Waals surface area contributed by atoms with Gasteiger partial charge in [-0.15, -0.1) is 0 Å². The summed E-state index contributed by atoms with van der Waals surface area (Å²) >= 11 is 6.00. The van der Waals surface area contributed by atoms with E-state index in [9.17, 15) is 9.59 Å². The van der Waals surface area contributed by atoms with E-state index < -0.39 is 0 Å². The van der Waals surface area contributed by atoms with Crippen LogP contribution in [0, 0.1) is 0 Å². The highest BCUT2D eigenvalue weighted by molar-refractivity contribution is 6.30. The predicted molar refractivity (Wildman–Crippen MR) is 114 cm³/mol. The van der Waals surface area contributed by atoms with Crippen molar-refractivity contribution in [2.45, 2.75) is 13.0 Å². The van der Waals surface area contributed by atoms with Gasteiger partial charge >= 0.3 is 0 Å². The molecule has 0 saturated carbocycles. The molecule has 2 amide bonds. The maximum atomic E-state index is 12.6. The molecule has 0 spiro atoms. The van der Waals surface area contributed by atoms with E-state index in [2.05, 4.69) is 10.6 Å². The van der Waals surface area contributed by atoms with Crippen LogP contribution in [0.2, 0.25) is 5.02 Å². The van der Waals surface area contributed by atoms with Gasteiger partial charge in [0.1, 0.15) is 5.75 Å². The number of amides is 2. The van der Waals surface area contributed by atoms with Crippen molar-refractivity contribution in [2.75, 3.05) is 11.9 Å². The largest absolute Gasteiger partial charge is 0.483 e. The lowest BCUT2D eigenvalue weighted by molar-refractivity contribution is -0.123. The van der Waals surface area contributed by atoms with Gasteiger partial charge in [-0.2, -0.15) is 0 Å². The molecule has 29 heavy (non-hydrogen) atoms. The number of hydrogen-bond acceptors (Lipinski definition) is 3. The lowest BCUT2D eigenvalue weighted by Crippen LogP contribution is -2.31. The Kier molecular flexibility index (Phi) is 6.87. The van der Waals surface area contributed by atoms with E-state index in [-0.39, 0.29) is 24.5 Å². The lowest BCUT2D eigenvalue weighted by Gasteiger charge is -2.16. The monoisotopic (exact) mass is 408 g/mol. The zero-order valence-corrected chi connectivity index (χ0v) is 16.6. The van der Waals surface area contributed by atoms with Gasteiger partial charge in [0.05, 0.1) is 11.6 Å². The summed E-state index contributed by atoms with van der Waals surface area (Å²) in [4.78, 5) is 24.9. The number of carbonyl (C=O) groups is 2. The van der Waals surface area contributed by atoms with Crippen molar-refractivity contribution in [2.24, 2.45) is 0 Å². The van der Waals surface area contributed by atoms with Crippen molar-refractivity contribution in [1.82, 2.24) is 5.32 Å². The molecule has 148 valence electrons. The molecule has 0 heterocycles. The number of carbonyl (C=O) groups excluding carboxylic acids is 2. The van der Waals surface area contributed by atoms with Gasteiger partial charge in [-0.1, -0.05) is 54.1 Å². The number of anilines is 1. The summed E-state index contributed by atoms with van der Waals surface area (Å²) in [6.45, 7) is 1.66. The molecule has 2 N–H and O–H groups in total. The Labute approximate surface area is 174 Å². The van der Waals surface area contributed by atoms with Crippen LogP contribution in [-0.2, 0) is 4.79 Å². The van der Waals surface area contributed by atoms with Crippen LogP contribution in [0.25, 0.3) is 0 Å². The van der Waals surface area contributed by atoms with Crippen molar-refractivity contribution in [3.63, 3.8) is 0 Å². The number of para-hydroxylation sites is 2. The van der Waals surface area contributed by atoms with E-state index in [4.69, 9.17) is 16.3 Å². The Morgan fingerprint density at radius 1 is 0.966 bits per heavy atom. The van der Waals surface area contributed by atoms with Crippen molar-refractivity contribution in [3.05, 3.63) is 95.0 Å². The molecule has 0 saturated heterocycles. The molecule has 0 aliphatic carbocycles. The molecule has 3 aromatic rings. The second-order valence-corrected chi connectivity index (χ2v) is 6.89. The Morgan fingerprint density at radius 3 is 2.45 bits per heavy atom. The number of nitrogens with one attached hydrogen (secondary N) is 2. The van der Waals surface area contributed by atoms with E-state index in [0.29, 0.717) is 22.0 Å². The Bertz CT molecular complexity index is 992. The first-order valence-corrected chi connectivity index (χ1v) is 9.54. The van der Waals surface area contributed by atoms with Gasteiger partial charge < -0.3 is 15.4 Å². The minimum atomic E-state index is -0.306. The summed E-state index contributed by atoms with van der Waals surface area (Å²) in [5.41, 5.74) is 1.93. The zero-order chi connectivity index (χ0) is 20.6. The third kappa shape index (κ3) is 5.83. The second kappa shape index (κ2) is 9.75. The van der Waals surface area contributed by atoms with Crippen LogP contribution in [0.1, 0.15) is 28.9 Å². The molecular weight excluding hydrogens is 388 g/mol. The van der Waals surface area contributed by atoms with Crippen LogP contribution in [0.5, 0.6) is 5.75 Å². The highest BCUT2D eigenvalue weighted by Crippen LogP contribution is 2.20. The van der Waals surface area contributed by atoms with E-state index in [1.807, 2.05) is 37.3 Å². The van der Waals surface area contributed by atoms with E-state index in [1.54, 1.807) is 48.5 Å². The van der Waals surface area contributed by atoms with Crippen molar-refractivity contribution in [3.8, 4) is 5.75 Å². The summed E-state index contributed by atoms with van der Waals surface area (Å²) in [7, 11) is 0. The summed E-state index contributed by atoms with van der Waals surface area (Å²) < 4.78 is 5.62. The van der Waals surface area contributed by atoms with Gasteiger partial charge in [0.15, 0.2) is 6.61 Å². The maximum Gasteiger partial charge on any atom is 0.259 e. The van der Waals surface area contributed by atoms with Gasteiger partial charge in [-0.25, -0.2) is 0 Å². The van der Waals surface area contributed by atoms with E-state index >= 15 is 0 Å². The summed E-state index contributed by atoms with van der Waals surface area (Å²) in [6, 6.07) is 23.0. The number of benzene rings is 3. The summed E-state index contributed by atoms with van der Waals surface area (Å²) in [5.74, 6) is -0.262. The third-order valence-electron chi connectivity index (χ3n) is 4.25. The minimum absolute atomic E-state index is 0.208. The number of halogens is 1. The van der Waals surface area contributed by atoms with Crippen LogP contribution in [0.3, 0.4) is 0 Å². The van der Waals surface area contributed by atoms with Crippen molar-refractivity contribution >= 4 is 29.1 Å². The Balaban J connectivity index is 1.60. The van der Waals surface area contributed by atoms with Gasteiger partial charge in [-0.3, -0.25) is 9.59 Å². The zero-order valence-electron chi connectivity index (χ0n) is 15.9. The van der Waals surface area contributed by atoms with Crippen LogP contribution in [-0.4, -0.2) is 18.4 Å². The molecule has 3 rings (SSSR count). The smallest absolute Gasteiger partial charge is 0.259 e. The average molecular weight is 409 g/mol. The van der Waals surface area contributed by atoms with Crippen LogP contribution < -0.4 is 15.4 Å². The van der Waals surface area contributed by atoms with Crippen molar-refractivity contribution in [1.29, 1.82) is 0 Å². The maximum absolute atomic E-state index is 12.6. The molecule has 6 heteroatoms. The first-order chi connectivity index (χ1) is 14.0. The molecule has 0 aliphatic heterocycles. The van der Waals surface area contributed by atoms with Crippen LogP contribution in [0.15, 0.2) is 78.9 Å². The fourth-order valence-electron chi connectivity index (χ4n) is 2.79. The molecule has 0 aromatic heterocycles. The fraction of sp³-hybridized carbons (Fsp3) is 0.130. The molecule has 0 aliphatic rings. The van der Waals surface area contributed by atoms with Crippen LogP contribution in [0.4, 0.5) is 5.69 Å². The topological polar surface area (TPSA) is 67.4 Å². The van der Waals surface area contributed by atoms with Crippen molar-refractivity contribution < 1.29 is 14.3 Å². The average Bonchev–Trinajstić information content (AvgIpc) is 2.73. The molecular formula is C23H21ClN2O3. The first kappa shape index (κ1) is 20.4. The van der Waals surface area contributed by atoms with E-state index in [0.717, 1.165) is 5.56 Å². The Hall–Kier alpha value is -3.31. The third-order valence-corrected chi connectivity index (χ3v) is 4.48. The fourth-order valence-corrected chi connectivity index (χ4v) is 2.98. The molecule has 1 atom stereocenters. The van der Waals surface area contributed by atoms with Crippen LogP contribution >= 0.6 is 11.6 Å². The van der Waals surface area contributed by atoms with Gasteiger partial charge in [0.2, 0.25) is 0 Å². The molecule has 5 nitrogen and oxygen atoms in total. The highest BCUT2D eigenvalue weighted by Gasteiger charge is 2.15. The molecule has 0 fully saturated rings. The minimum Gasteiger partial charge on any atom is -0.483 e. The van der Waals surface area contributed by atoms with E-state index in [1.165, 1.54) is 0 Å². The number of ether oxygens (including phenoxy) is 1. The predicted octanol–water partition coefficient (Wildman–Crippen LogP) is 4.85. The SMILES string of the molecule is CC(NC(=O)COc1ccccc1C(=O)Nc1ccccc1)c1cccc(Cl)c1. The quantitative estimate of drug-likeness (QED) is 0.587. The molecule has 0 bridgehead atoms. The number of hydrogen-bond donors (Lipinski definition) is 2. The first-order valence-electron chi connectivity index (χ1n) is 9.16. The summed E-state index contributed by atoms with van der Waals surface area (Å²) in [5, 5.41) is 6.28. The molecule has 1 unspecified atom stereocenters. The second-order valence-electron chi connectivity index (χ2n) is 6.45. The van der Waals surface area contributed by atoms with Gasteiger partial charge in [0.25, 0.3) is 11.8 Å². The lowest BCUT2D eigenvalue weighted by atomic mass is 10.1. The summed E-state index contributed by atoms with van der Waals surface area (Å²) in [6.07, 6.45) is 0. The molecule has 0 radical (unpaired) electrons. The standard InChI is InChI=1S/C23H21ClN2O3/c1-16(17-8-7-9-18(24)14-17)25-22(27)15-29-21-13-6-5-12-20(21)23(28)26-19-10-3-2-4-11-19/h2-14,16H,15H2,1H3,(H,25,27)(H,26,28). The van der Waals surface area contributed by atoms with Gasteiger partial charge in [0, 0.05) is 10.7 Å². The molecule has 3 aromatic carbocycles. The Morgan fingerprint density at radius 2 is 1.69 bits per heavy atom.